The maximum Gasteiger partial charge on any atom is 0.485 e. The Bertz CT molecular complexity index is 1550. The molecule has 1 amide bonds. The molecule has 4 heterocycles. The summed E-state index contributed by atoms with van der Waals surface area (Å²) in [6.07, 6.45) is 1.95. The Labute approximate surface area is 235 Å². The fraction of sp³-hybridized carbons (Fsp3) is 0.391. The number of nitrogens with one attached hydrogen (secondary N) is 1. The fourth-order valence-electron chi connectivity index (χ4n) is 3.96. The third-order valence-electron chi connectivity index (χ3n) is 5.99. The van der Waals surface area contributed by atoms with Crippen molar-refractivity contribution in [1.82, 2.24) is 30.5 Å². The monoisotopic (exact) mass is 616 g/mol. The predicted octanol–water partition coefficient (Wildman–Crippen LogP) is 1.75. The molecule has 226 valence electrons. The number of alkyl halides is 3. The summed E-state index contributed by atoms with van der Waals surface area (Å²) in [6.45, 7) is 0.898. The average Bonchev–Trinajstić information content (AvgIpc) is 3.68. The van der Waals surface area contributed by atoms with Crippen molar-refractivity contribution >= 4 is 27.9 Å². The molecule has 0 bridgehead atoms. The van der Waals surface area contributed by atoms with Crippen molar-refractivity contribution in [2.45, 2.75) is 30.5 Å². The van der Waals surface area contributed by atoms with E-state index in [-0.39, 0.29) is 25.2 Å². The smallest absolute Gasteiger partial charge is 0.485 e. The first-order valence-electron chi connectivity index (χ1n) is 12.1. The number of amides is 1. The molecule has 2 saturated heterocycles. The molecule has 5 rings (SSSR count). The minimum atomic E-state index is -6.09. The van der Waals surface area contributed by atoms with Gasteiger partial charge in [-0.2, -0.15) is 18.0 Å². The minimum Gasteiger partial charge on any atom is -0.741 e. The van der Waals surface area contributed by atoms with Crippen LogP contribution in [-0.4, -0.2) is 87.6 Å². The second-order valence-electron chi connectivity index (χ2n) is 8.99. The van der Waals surface area contributed by atoms with Gasteiger partial charge in [0.05, 0.1) is 19.3 Å². The molecule has 19 heteroatoms. The van der Waals surface area contributed by atoms with Gasteiger partial charge in [0.15, 0.2) is 16.2 Å². The molecule has 14 nitrogen and oxygen atoms in total. The summed E-state index contributed by atoms with van der Waals surface area (Å²) in [5, 5.41) is 14.8. The van der Waals surface area contributed by atoms with E-state index in [1.54, 1.807) is 31.3 Å². The number of pyridine rings is 1. The van der Waals surface area contributed by atoms with Crippen molar-refractivity contribution in [1.29, 1.82) is 0 Å². The van der Waals surface area contributed by atoms with Crippen LogP contribution >= 0.6 is 0 Å². The first-order valence-corrected chi connectivity index (χ1v) is 13.5. The molecule has 0 saturated carbocycles. The third-order valence-corrected chi connectivity index (χ3v) is 6.56. The molecule has 2 aliphatic heterocycles. The second kappa shape index (κ2) is 12.3. The number of hydrogen-bond acceptors (Lipinski definition) is 12. The highest BCUT2D eigenvalue weighted by Gasteiger charge is 2.37. The summed E-state index contributed by atoms with van der Waals surface area (Å²) < 4.78 is 84.4. The van der Waals surface area contributed by atoms with Gasteiger partial charge >= 0.3 is 17.6 Å². The minimum absolute atomic E-state index is 0.0432. The number of ether oxygens (including phenoxy) is 2. The standard InChI is InChI=1S/C22H22FN7O4.CHF3O3S/c1-29-27-20(26-28-29)18-7-4-13(10-25-18)16-6-5-14(9-17(16)23)30-11-15(34-22(30)32)12-33-21(31)19-3-2-8-24-19;2-1(3,4)8(5,6)7/h4-7,9-10,15,19,24H,2-3,8,11-12H2,1H3;(H,5,6,7)/p-1/t15-,19+;/m1./s1. The van der Waals surface area contributed by atoms with E-state index in [2.05, 4.69) is 25.7 Å². The van der Waals surface area contributed by atoms with Gasteiger partial charge < -0.3 is 19.3 Å². The van der Waals surface area contributed by atoms with Gasteiger partial charge in [0, 0.05) is 17.3 Å². The van der Waals surface area contributed by atoms with Crippen LogP contribution in [0.4, 0.5) is 28.0 Å². The number of aryl methyl sites for hydroxylation is 1. The highest BCUT2D eigenvalue weighted by molar-refractivity contribution is 7.86. The second-order valence-corrected chi connectivity index (χ2v) is 10.4. The number of esters is 1. The maximum atomic E-state index is 14.9. The Morgan fingerprint density at radius 1 is 1.26 bits per heavy atom. The molecule has 3 aromatic rings. The van der Waals surface area contributed by atoms with Gasteiger partial charge in [-0.05, 0) is 48.9 Å². The fourth-order valence-corrected chi connectivity index (χ4v) is 3.96. The highest BCUT2D eigenvalue weighted by atomic mass is 32.2. The SMILES string of the molecule is Cn1nnc(-c2ccc(-c3ccc(N4C[C@H](COC(=O)[C@@H]5CCCN5)OC4=O)cc3F)cn2)n1.O=S(=O)([O-])C(F)(F)F. The summed E-state index contributed by atoms with van der Waals surface area (Å²) in [5.41, 5.74) is -3.88. The van der Waals surface area contributed by atoms with Crippen molar-refractivity contribution in [3.05, 3.63) is 42.3 Å². The van der Waals surface area contributed by atoms with Crippen LogP contribution in [0, 0.1) is 5.82 Å². The van der Waals surface area contributed by atoms with Crippen LogP contribution in [-0.2, 0) is 31.4 Å². The molecule has 2 atom stereocenters. The molecule has 1 aromatic carbocycles. The van der Waals surface area contributed by atoms with E-state index in [1.165, 1.54) is 22.0 Å². The lowest BCUT2D eigenvalue weighted by molar-refractivity contribution is -0.148. The van der Waals surface area contributed by atoms with Gasteiger partial charge in [0.1, 0.15) is 24.2 Å². The van der Waals surface area contributed by atoms with Crippen LogP contribution in [0.1, 0.15) is 12.8 Å². The van der Waals surface area contributed by atoms with Gasteiger partial charge in [0.2, 0.25) is 5.82 Å². The Morgan fingerprint density at radius 3 is 2.55 bits per heavy atom. The van der Waals surface area contributed by atoms with Gasteiger partial charge in [-0.3, -0.25) is 14.7 Å². The van der Waals surface area contributed by atoms with E-state index in [1.807, 2.05) is 0 Å². The van der Waals surface area contributed by atoms with Crippen LogP contribution in [0.5, 0.6) is 0 Å². The van der Waals surface area contributed by atoms with Gasteiger partial charge in [0.25, 0.3) is 0 Å². The lowest BCUT2D eigenvalue weighted by Crippen LogP contribution is -2.35. The van der Waals surface area contributed by atoms with Crippen LogP contribution in [0.25, 0.3) is 22.6 Å². The van der Waals surface area contributed by atoms with Crippen LogP contribution in [0.3, 0.4) is 0 Å². The molecule has 2 aromatic heterocycles. The zero-order chi connectivity index (χ0) is 30.7. The van der Waals surface area contributed by atoms with E-state index >= 15 is 0 Å². The summed E-state index contributed by atoms with van der Waals surface area (Å²) in [5.74, 6) is -0.492. The van der Waals surface area contributed by atoms with Crippen molar-refractivity contribution in [3.63, 3.8) is 0 Å². The van der Waals surface area contributed by atoms with E-state index in [4.69, 9.17) is 22.4 Å². The third kappa shape index (κ3) is 7.34. The van der Waals surface area contributed by atoms with Crippen LogP contribution in [0.15, 0.2) is 36.5 Å². The van der Waals surface area contributed by atoms with E-state index in [9.17, 15) is 27.2 Å². The van der Waals surface area contributed by atoms with Crippen molar-refractivity contribution < 1.29 is 49.6 Å². The lowest BCUT2D eigenvalue weighted by atomic mass is 10.1. The predicted molar refractivity (Wildman–Crippen MR) is 133 cm³/mol. The summed E-state index contributed by atoms with van der Waals surface area (Å²) in [6, 6.07) is 7.57. The van der Waals surface area contributed by atoms with E-state index < -0.39 is 33.6 Å². The number of halogens is 4. The van der Waals surface area contributed by atoms with Crippen LogP contribution < -0.4 is 10.2 Å². The van der Waals surface area contributed by atoms with Gasteiger partial charge in [-0.25, -0.2) is 17.6 Å². The average molecular weight is 617 g/mol. The number of rotatable bonds is 6. The molecular formula is C23H22F4N7O7S-. The summed E-state index contributed by atoms with van der Waals surface area (Å²) in [4.78, 5) is 31.3. The molecule has 0 radical (unpaired) electrons. The zero-order valence-corrected chi connectivity index (χ0v) is 22.4. The first-order chi connectivity index (χ1) is 19.7. The molecule has 1 N–H and O–H groups in total. The normalized spacial score (nSPS) is 18.8. The molecule has 0 unspecified atom stereocenters. The first kappa shape index (κ1) is 30.7. The van der Waals surface area contributed by atoms with Crippen LogP contribution in [0.2, 0.25) is 0 Å². The molecular weight excluding hydrogens is 594 g/mol. The zero-order valence-electron chi connectivity index (χ0n) is 21.6. The number of nitrogens with zero attached hydrogens (tertiary/aromatic N) is 6. The molecule has 2 aliphatic rings. The Kier molecular flexibility index (Phi) is 9.02. The van der Waals surface area contributed by atoms with Crippen molar-refractivity contribution in [2.24, 2.45) is 7.05 Å². The number of hydrogen-bond donors (Lipinski definition) is 1. The Balaban J connectivity index is 0.000000446. The van der Waals surface area contributed by atoms with Gasteiger partial charge in [-0.1, -0.05) is 6.07 Å². The number of aromatic nitrogens is 5. The summed E-state index contributed by atoms with van der Waals surface area (Å²) >= 11 is 0. The Hall–Kier alpha value is -4.23. The lowest BCUT2D eigenvalue weighted by Gasteiger charge is -2.15. The van der Waals surface area contributed by atoms with E-state index in [0.717, 1.165) is 19.4 Å². The number of carbonyl (C=O) groups is 2. The quantitative estimate of drug-likeness (QED) is 0.184. The van der Waals surface area contributed by atoms with Crippen molar-refractivity contribution in [2.75, 3.05) is 24.6 Å². The van der Waals surface area contributed by atoms with E-state index in [0.29, 0.717) is 28.3 Å². The molecule has 0 aliphatic carbocycles. The number of anilines is 1. The molecule has 2 fully saturated rings. The molecule has 42 heavy (non-hydrogen) atoms. The number of benzene rings is 1. The maximum absolute atomic E-state index is 14.9. The largest absolute Gasteiger partial charge is 0.741 e. The Morgan fingerprint density at radius 2 is 2.00 bits per heavy atom. The number of tetrazole rings is 1. The number of carbonyl (C=O) groups excluding carboxylic acids is 2. The molecule has 0 spiro atoms. The highest BCUT2D eigenvalue weighted by Crippen LogP contribution is 2.29. The summed E-state index contributed by atoms with van der Waals surface area (Å²) in [7, 11) is -4.44. The number of cyclic esters (lactones) is 1. The van der Waals surface area contributed by atoms with Crippen molar-refractivity contribution in [3.8, 4) is 22.6 Å². The topological polar surface area (TPSA) is 182 Å². The van der Waals surface area contributed by atoms with Gasteiger partial charge in [-0.15, -0.1) is 10.2 Å².